The van der Waals surface area contributed by atoms with E-state index in [9.17, 15) is 4.79 Å². The molecular formula is C20H20N2O2. The van der Waals surface area contributed by atoms with Gasteiger partial charge in [-0.2, -0.15) is 0 Å². The second-order valence-electron chi connectivity index (χ2n) is 5.72. The molecule has 0 aromatic heterocycles. The average molecular weight is 320 g/mol. The topological polar surface area (TPSA) is 64.7 Å². The first-order valence-electron chi connectivity index (χ1n) is 8.11. The van der Waals surface area contributed by atoms with Gasteiger partial charge in [-0.25, -0.2) is 9.79 Å². The maximum Gasteiger partial charge on any atom is 0.281 e. The summed E-state index contributed by atoms with van der Waals surface area (Å²) in [5.41, 5.74) is 10.9. The Morgan fingerprint density at radius 2 is 1.75 bits per heavy atom. The van der Waals surface area contributed by atoms with E-state index in [0.717, 1.165) is 6.42 Å². The van der Waals surface area contributed by atoms with Gasteiger partial charge in [0.25, 0.3) is 6.02 Å². The van der Waals surface area contributed by atoms with Crippen molar-refractivity contribution in [2.45, 2.75) is 18.8 Å². The third-order valence-corrected chi connectivity index (χ3v) is 4.22. The van der Waals surface area contributed by atoms with E-state index in [-0.39, 0.29) is 11.9 Å². The van der Waals surface area contributed by atoms with Crippen molar-refractivity contribution in [3.05, 3.63) is 65.7 Å². The normalized spacial score (nSPS) is 13.1. The van der Waals surface area contributed by atoms with Crippen LogP contribution in [0.3, 0.4) is 0 Å². The number of unbranched alkanes of at least 4 members (excludes halogenated alkanes) is 1. The zero-order valence-electron chi connectivity index (χ0n) is 13.4. The maximum atomic E-state index is 10.1. The minimum absolute atomic E-state index is 0.171. The molecule has 0 radical (unpaired) electrons. The number of hydrogen-bond acceptors (Lipinski definition) is 3. The van der Waals surface area contributed by atoms with Crippen LogP contribution in [0.25, 0.3) is 11.1 Å². The second kappa shape index (κ2) is 7.62. The predicted molar refractivity (Wildman–Crippen MR) is 95.7 cm³/mol. The van der Waals surface area contributed by atoms with Crippen molar-refractivity contribution in [3.8, 4) is 11.1 Å². The molecule has 4 nitrogen and oxygen atoms in total. The number of nitrogens with two attached hydrogens (primary N) is 1. The highest BCUT2D eigenvalue weighted by molar-refractivity contribution is 5.79. The minimum Gasteiger partial charge on any atom is -0.464 e. The SMILES string of the molecule is NC(=NCCCC=C=O)OCC1c2ccccc2-c2ccccc21. The second-order valence-corrected chi connectivity index (χ2v) is 5.72. The number of amidine groups is 1. The van der Waals surface area contributed by atoms with Crippen molar-refractivity contribution in [2.75, 3.05) is 13.2 Å². The molecule has 0 saturated carbocycles. The van der Waals surface area contributed by atoms with Crippen molar-refractivity contribution in [3.63, 3.8) is 0 Å². The van der Waals surface area contributed by atoms with E-state index in [1.807, 2.05) is 0 Å². The molecule has 2 aromatic rings. The molecular weight excluding hydrogens is 300 g/mol. The average Bonchev–Trinajstić information content (AvgIpc) is 2.94. The highest BCUT2D eigenvalue weighted by Gasteiger charge is 2.28. The lowest BCUT2D eigenvalue weighted by Gasteiger charge is -2.14. The lowest BCUT2D eigenvalue weighted by molar-refractivity contribution is 0.286. The van der Waals surface area contributed by atoms with Gasteiger partial charge in [0.05, 0.1) is 0 Å². The monoisotopic (exact) mass is 320 g/mol. The minimum atomic E-state index is 0.171. The summed E-state index contributed by atoms with van der Waals surface area (Å²) in [6.07, 6.45) is 2.87. The first-order valence-corrected chi connectivity index (χ1v) is 8.11. The molecule has 2 N–H and O–H groups in total. The molecule has 0 bridgehead atoms. The summed E-state index contributed by atoms with van der Waals surface area (Å²) in [5.74, 6) is 1.92. The van der Waals surface area contributed by atoms with Gasteiger partial charge in [0.15, 0.2) is 0 Å². The number of hydrogen-bond donors (Lipinski definition) is 1. The van der Waals surface area contributed by atoms with E-state index < -0.39 is 0 Å². The molecule has 0 amide bonds. The van der Waals surface area contributed by atoms with Crippen LogP contribution in [0.4, 0.5) is 0 Å². The molecule has 4 heteroatoms. The van der Waals surface area contributed by atoms with Crippen molar-refractivity contribution in [1.82, 2.24) is 0 Å². The largest absolute Gasteiger partial charge is 0.464 e. The molecule has 0 spiro atoms. The summed E-state index contributed by atoms with van der Waals surface area (Å²) < 4.78 is 5.69. The number of ether oxygens (including phenoxy) is 1. The third kappa shape index (κ3) is 3.39. The molecule has 24 heavy (non-hydrogen) atoms. The van der Waals surface area contributed by atoms with Gasteiger partial charge in [-0.05, 0) is 41.2 Å². The Morgan fingerprint density at radius 3 is 2.38 bits per heavy atom. The smallest absolute Gasteiger partial charge is 0.281 e. The van der Waals surface area contributed by atoms with Crippen LogP contribution in [0, 0.1) is 0 Å². The predicted octanol–water partition coefficient (Wildman–Crippen LogP) is 3.30. The molecule has 122 valence electrons. The van der Waals surface area contributed by atoms with Crippen LogP contribution in [0.1, 0.15) is 29.9 Å². The molecule has 0 unspecified atom stereocenters. The lowest BCUT2D eigenvalue weighted by atomic mass is 9.98. The summed E-state index contributed by atoms with van der Waals surface area (Å²) in [5, 5.41) is 0. The highest BCUT2D eigenvalue weighted by Crippen LogP contribution is 2.44. The number of nitrogens with zero attached hydrogens (tertiary/aromatic N) is 1. The van der Waals surface area contributed by atoms with E-state index in [1.54, 1.807) is 5.94 Å². The summed E-state index contributed by atoms with van der Waals surface area (Å²) in [6, 6.07) is 17.0. The molecule has 0 fully saturated rings. The fourth-order valence-electron chi connectivity index (χ4n) is 3.10. The van der Waals surface area contributed by atoms with Gasteiger partial charge in [-0.1, -0.05) is 48.5 Å². The number of fused-ring (bicyclic) bond motifs is 3. The van der Waals surface area contributed by atoms with Crippen molar-refractivity contribution >= 4 is 12.0 Å². The molecule has 1 aliphatic rings. The molecule has 0 aliphatic heterocycles. The van der Waals surface area contributed by atoms with E-state index in [1.165, 1.54) is 28.3 Å². The first-order chi connectivity index (χ1) is 11.8. The quantitative estimate of drug-likeness (QED) is 0.384. The molecule has 3 rings (SSSR count). The number of rotatable bonds is 6. The Kier molecular flexibility index (Phi) is 5.09. The summed E-state index contributed by atoms with van der Waals surface area (Å²) in [7, 11) is 0. The van der Waals surface area contributed by atoms with Gasteiger partial charge in [0.1, 0.15) is 12.5 Å². The molecule has 1 aliphatic carbocycles. The number of aliphatic imine (C=N–C) groups is 1. The first kappa shape index (κ1) is 16.0. The Morgan fingerprint density at radius 1 is 1.12 bits per heavy atom. The van der Waals surface area contributed by atoms with E-state index in [2.05, 4.69) is 53.5 Å². The van der Waals surface area contributed by atoms with Crippen LogP contribution in [-0.2, 0) is 9.53 Å². The fraction of sp³-hybridized carbons (Fsp3) is 0.250. The van der Waals surface area contributed by atoms with Gasteiger partial charge in [-0.15, -0.1) is 0 Å². The highest BCUT2D eigenvalue weighted by atomic mass is 16.5. The Balaban J connectivity index is 1.67. The maximum absolute atomic E-state index is 10.1. The molecule has 0 atom stereocenters. The van der Waals surface area contributed by atoms with Crippen molar-refractivity contribution in [1.29, 1.82) is 0 Å². The number of benzene rings is 2. The Bertz CT molecular complexity index is 746. The zero-order valence-corrected chi connectivity index (χ0v) is 13.4. The van der Waals surface area contributed by atoms with Crippen molar-refractivity contribution in [2.24, 2.45) is 10.7 Å². The van der Waals surface area contributed by atoms with Crippen LogP contribution < -0.4 is 5.73 Å². The lowest BCUT2D eigenvalue weighted by Crippen LogP contribution is -2.20. The fourth-order valence-corrected chi connectivity index (χ4v) is 3.10. The van der Waals surface area contributed by atoms with Crippen molar-refractivity contribution < 1.29 is 9.53 Å². The van der Waals surface area contributed by atoms with Crippen LogP contribution >= 0.6 is 0 Å². The molecule has 0 saturated heterocycles. The molecule has 0 heterocycles. The van der Waals surface area contributed by atoms with Crippen LogP contribution in [-0.4, -0.2) is 25.1 Å². The Labute approximate surface area is 141 Å². The summed E-state index contributed by atoms with van der Waals surface area (Å²) >= 11 is 0. The van der Waals surface area contributed by atoms with Gasteiger partial charge in [-0.3, -0.25) is 0 Å². The van der Waals surface area contributed by atoms with Crippen LogP contribution in [0.5, 0.6) is 0 Å². The van der Waals surface area contributed by atoms with Gasteiger partial charge < -0.3 is 10.5 Å². The molecule has 2 aromatic carbocycles. The zero-order chi connectivity index (χ0) is 16.8. The van der Waals surface area contributed by atoms with E-state index in [0.29, 0.717) is 19.6 Å². The van der Waals surface area contributed by atoms with Gasteiger partial charge in [0, 0.05) is 12.5 Å². The third-order valence-electron chi connectivity index (χ3n) is 4.22. The van der Waals surface area contributed by atoms with Gasteiger partial charge in [0.2, 0.25) is 0 Å². The summed E-state index contributed by atoms with van der Waals surface area (Å²) in [6.45, 7) is 1.01. The van der Waals surface area contributed by atoms with E-state index >= 15 is 0 Å². The van der Waals surface area contributed by atoms with Gasteiger partial charge >= 0.3 is 0 Å². The number of allylic oxidation sites excluding steroid dienone is 1. The van der Waals surface area contributed by atoms with E-state index in [4.69, 9.17) is 10.5 Å². The summed E-state index contributed by atoms with van der Waals surface area (Å²) in [4.78, 5) is 14.3. The number of carbonyl (C=O) groups excluding carboxylic acids is 1. The Hall–Kier alpha value is -2.84. The van der Waals surface area contributed by atoms with Crippen LogP contribution in [0.2, 0.25) is 0 Å². The standard InChI is InChI=1S/C20H20N2O2/c21-20(22-12-6-1-7-13-23)24-14-19-17-10-4-2-8-15(17)16-9-3-5-11-18(16)19/h2-5,7-11,19H,1,6,12,14H2,(H2,21,22). The van der Waals surface area contributed by atoms with Crippen LogP contribution in [0.15, 0.2) is 59.6 Å².